The minimum atomic E-state index is 0.539. The second-order valence-electron chi connectivity index (χ2n) is 4.94. The molecular formula is C14H21N3O. The first-order valence-electron chi connectivity index (χ1n) is 6.34. The Kier molecular flexibility index (Phi) is 4.33. The van der Waals surface area contributed by atoms with Gasteiger partial charge < -0.3 is 14.6 Å². The van der Waals surface area contributed by atoms with Crippen molar-refractivity contribution in [1.82, 2.24) is 14.9 Å². The van der Waals surface area contributed by atoms with Crippen LogP contribution in [-0.4, -0.2) is 23.2 Å². The van der Waals surface area contributed by atoms with Gasteiger partial charge >= 0.3 is 0 Å². The highest BCUT2D eigenvalue weighted by Crippen LogP contribution is 2.19. The fraction of sp³-hybridized carbons (Fsp3) is 0.500. The summed E-state index contributed by atoms with van der Waals surface area (Å²) in [4.78, 5) is 4.42. The van der Waals surface area contributed by atoms with Gasteiger partial charge in [0.1, 0.15) is 12.4 Å². The molecule has 0 aliphatic rings. The second kappa shape index (κ2) is 5.98. The van der Waals surface area contributed by atoms with E-state index in [0.717, 1.165) is 18.7 Å². The third-order valence-electron chi connectivity index (χ3n) is 2.85. The van der Waals surface area contributed by atoms with E-state index in [1.165, 1.54) is 10.9 Å². The van der Waals surface area contributed by atoms with Crippen LogP contribution in [0.25, 0.3) is 11.0 Å². The van der Waals surface area contributed by atoms with E-state index >= 15 is 0 Å². The Bertz CT molecular complexity index is 505. The number of methoxy groups -OCH3 is 1. The fourth-order valence-corrected chi connectivity index (χ4v) is 2.07. The van der Waals surface area contributed by atoms with Crippen LogP contribution in [0.2, 0.25) is 0 Å². The molecule has 4 nitrogen and oxygen atoms in total. The Labute approximate surface area is 108 Å². The van der Waals surface area contributed by atoms with Crippen molar-refractivity contribution in [3.8, 4) is 0 Å². The van der Waals surface area contributed by atoms with Gasteiger partial charge in [-0.2, -0.15) is 0 Å². The molecule has 2 aromatic rings. The molecule has 0 aliphatic heterocycles. The molecule has 0 fully saturated rings. The minimum absolute atomic E-state index is 0.539. The van der Waals surface area contributed by atoms with E-state index in [0.29, 0.717) is 12.6 Å². The van der Waals surface area contributed by atoms with E-state index in [2.05, 4.69) is 36.4 Å². The maximum atomic E-state index is 5.19. The number of hydrogen-bond acceptors (Lipinski definition) is 3. The van der Waals surface area contributed by atoms with Crippen molar-refractivity contribution in [3.05, 3.63) is 30.1 Å². The van der Waals surface area contributed by atoms with Crippen LogP contribution in [0.3, 0.4) is 0 Å². The highest BCUT2D eigenvalue weighted by Gasteiger charge is 2.08. The highest BCUT2D eigenvalue weighted by molar-refractivity contribution is 5.80. The maximum Gasteiger partial charge on any atom is 0.142 e. The van der Waals surface area contributed by atoms with E-state index < -0.39 is 0 Å². The Morgan fingerprint density at radius 2 is 2.28 bits per heavy atom. The minimum Gasteiger partial charge on any atom is -0.364 e. The summed E-state index contributed by atoms with van der Waals surface area (Å²) >= 11 is 0. The normalized spacial score (nSPS) is 11.6. The lowest BCUT2D eigenvalue weighted by atomic mass is 10.2. The van der Waals surface area contributed by atoms with E-state index in [-0.39, 0.29) is 0 Å². The molecule has 0 spiro atoms. The zero-order valence-electron chi connectivity index (χ0n) is 11.3. The quantitative estimate of drug-likeness (QED) is 0.852. The van der Waals surface area contributed by atoms with Crippen LogP contribution in [0, 0.1) is 5.92 Å². The molecule has 18 heavy (non-hydrogen) atoms. The lowest BCUT2D eigenvalue weighted by molar-refractivity contribution is 0.134. The van der Waals surface area contributed by atoms with Crippen molar-refractivity contribution in [3.63, 3.8) is 0 Å². The van der Waals surface area contributed by atoms with E-state index in [1.54, 1.807) is 7.11 Å². The van der Waals surface area contributed by atoms with E-state index in [1.807, 2.05) is 16.8 Å². The number of ether oxygens (including phenoxy) is 1. The molecule has 0 unspecified atom stereocenters. The monoisotopic (exact) mass is 247 g/mol. The Balaban J connectivity index is 2.21. The van der Waals surface area contributed by atoms with Crippen LogP contribution in [0.5, 0.6) is 0 Å². The largest absolute Gasteiger partial charge is 0.364 e. The third kappa shape index (κ3) is 2.89. The molecule has 0 aromatic carbocycles. The van der Waals surface area contributed by atoms with Gasteiger partial charge in [0.05, 0.1) is 0 Å². The van der Waals surface area contributed by atoms with Crippen molar-refractivity contribution in [2.45, 2.75) is 27.1 Å². The SMILES string of the molecule is COCn1cc(CNCC(C)C)c2cccnc21. The molecule has 2 heterocycles. The van der Waals surface area contributed by atoms with Gasteiger partial charge in [-0.05, 0) is 30.2 Å². The highest BCUT2D eigenvalue weighted by atomic mass is 16.5. The molecule has 0 atom stereocenters. The number of rotatable bonds is 6. The Hall–Kier alpha value is -1.39. The van der Waals surface area contributed by atoms with Crippen LogP contribution in [0.1, 0.15) is 19.4 Å². The van der Waals surface area contributed by atoms with Gasteiger partial charge in [0, 0.05) is 31.4 Å². The standard InChI is InChI=1S/C14H21N3O/c1-11(2)7-15-8-12-9-17(10-18-3)14-13(12)5-4-6-16-14/h4-6,9,11,15H,7-8,10H2,1-3H3. The summed E-state index contributed by atoms with van der Waals surface area (Å²) < 4.78 is 7.24. The van der Waals surface area contributed by atoms with Crippen LogP contribution in [0.15, 0.2) is 24.5 Å². The van der Waals surface area contributed by atoms with Crippen LogP contribution < -0.4 is 5.32 Å². The summed E-state index contributed by atoms with van der Waals surface area (Å²) in [5, 5.41) is 4.67. The van der Waals surface area contributed by atoms with E-state index in [9.17, 15) is 0 Å². The molecule has 98 valence electrons. The Morgan fingerprint density at radius 3 is 3.00 bits per heavy atom. The van der Waals surface area contributed by atoms with Gasteiger partial charge in [0.15, 0.2) is 0 Å². The smallest absolute Gasteiger partial charge is 0.142 e. The van der Waals surface area contributed by atoms with Crippen LogP contribution in [-0.2, 0) is 18.0 Å². The number of nitrogens with one attached hydrogen (secondary N) is 1. The molecule has 2 aromatic heterocycles. The van der Waals surface area contributed by atoms with Gasteiger partial charge in [-0.1, -0.05) is 13.8 Å². The molecule has 0 saturated heterocycles. The van der Waals surface area contributed by atoms with Crippen molar-refractivity contribution in [1.29, 1.82) is 0 Å². The predicted octanol–water partition coefficient (Wildman–Crippen LogP) is 2.39. The van der Waals surface area contributed by atoms with Gasteiger partial charge in [-0.15, -0.1) is 0 Å². The first-order valence-corrected chi connectivity index (χ1v) is 6.34. The molecule has 0 radical (unpaired) electrons. The summed E-state index contributed by atoms with van der Waals surface area (Å²) in [6.45, 7) is 6.86. The van der Waals surface area contributed by atoms with Crippen molar-refractivity contribution < 1.29 is 4.74 Å². The molecule has 0 bridgehead atoms. The summed E-state index contributed by atoms with van der Waals surface area (Å²) in [5.74, 6) is 0.662. The average Bonchev–Trinajstić information content (AvgIpc) is 2.69. The van der Waals surface area contributed by atoms with Gasteiger partial charge in [-0.3, -0.25) is 0 Å². The predicted molar refractivity (Wildman–Crippen MR) is 73.3 cm³/mol. The van der Waals surface area contributed by atoms with E-state index in [4.69, 9.17) is 4.74 Å². The van der Waals surface area contributed by atoms with Crippen molar-refractivity contribution in [2.75, 3.05) is 13.7 Å². The van der Waals surface area contributed by atoms with Crippen molar-refractivity contribution in [2.24, 2.45) is 5.92 Å². The molecular weight excluding hydrogens is 226 g/mol. The molecule has 0 aliphatic carbocycles. The lowest BCUT2D eigenvalue weighted by Gasteiger charge is -2.06. The zero-order valence-corrected chi connectivity index (χ0v) is 11.3. The molecule has 0 saturated carbocycles. The molecule has 2 rings (SSSR count). The summed E-state index contributed by atoms with van der Waals surface area (Å²) in [7, 11) is 1.70. The lowest BCUT2D eigenvalue weighted by Crippen LogP contribution is -2.18. The molecule has 4 heteroatoms. The summed E-state index contributed by atoms with van der Waals surface area (Å²) in [5.41, 5.74) is 2.26. The van der Waals surface area contributed by atoms with Gasteiger partial charge in [0.25, 0.3) is 0 Å². The number of hydrogen-bond donors (Lipinski definition) is 1. The third-order valence-corrected chi connectivity index (χ3v) is 2.85. The number of pyridine rings is 1. The zero-order chi connectivity index (χ0) is 13.0. The number of aromatic nitrogens is 2. The summed E-state index contributed by atoms with van der Waals surface area (Å²) in [6.07, 6.45) is 3.94. The first kappa shape index (κ1) is 13.1. The number of nitrogens with zero attached hydrogens (tertiary/aromatic N) is 2. The van der Waals surface area contributed by atoms with Gasteiger partial charge in [-0.25, -0.2) is 4.98 Å². The van der Waals surface area contributed by atoms with Crippen molar-refractivity contribution >= 4 is 11.0 Å². The average molecular weight is 247 g/mol. The van der Waals surface area contributed by atoms with Crippen LogP contribution in [0.4, 0.5) is 0 Å². The van der Waals surface area contributed by atoms with Gasteiger partial charge in [0.2, 0.25) is 0 Å². The number of fused-ring (bicyclic) bond motifs is 1. The maximum absolute atomic E-state index is 5.19. The molecule has 1 N–H and O–H groups in total. The topological polar surface area (TPSA) is 39.1 Å². The second-order valence-corrected chi connectivity index (χ2v) is 4.94. The Morgan fingerprint density at radius 1 is 1.44 bits per heavy atom. The molecule has 0 amide bonds. The fourth-order valence-electron chi connectivity index (χ4n) is 2.07. The summed E-state index contributed by atoms with van der Waals surface area (Å²) in [6, 6.07) is 4.09. The first-order chi connectivity index (χ1) is 8.72. The van der Waals surface area contributed by atoms with Crippen LogP contribution >= 0.6 is 0 Å².